The van der Waals surface area contributed by atoms with Crippen LogP contribution in [0.4, 0.5) is 0 Å². The summed E-state index contributed by atoms with van der Waals surface area (Å²) in [5.41, 5.74) is 14.8. The van der Waals surface area contributed by atoms with Crippen molar-refractivity contribution in [2.75, 3.05) is 0 Å². The molecule has 10 aromatic carbocycles. The van der Waals surface area contributed by atoms with E-state index in [9.17, 15) is 0 Å². The second-order valence-corrected chi connectivity index (χ2v) is 21.8. The van der Waals surface area contributed by atoms with Gasteiger partial charge in [0.2, 0.25) is 0 Å². The second kappa shape index (κ2) is 20.6. The predicted molar refractivity (Wildman–Crippen MR) is 346 cm³/mol. The lowest BCUT2D eigenvalue weighted by molar-refractivity contribution is 0.561. The SMILES string of the molecule is C1=CC(c2nc(C3=CC(C4=NC(c5ccccc5-c5ccccc5)NC(c5ccccc5-c5ccccc5)=N4)C(n4c5ccccc5c5ccc6c(c7ccccc7n6-c6ccc7ccccc7c6)c54)C=C3)nc(-c3ccccc3)n2)=CCC1. The molecule has 0 fully saturated rings. The molecule has 84 heavy (non-hydrogen) atoms. The Hall–Kier alpha value is -10.8. The van der Waals surface area contributed by atoms with Gasteiger partial charge in [0.1, 0.15) is 17.8 Å². The fraction of sp³-hybridized carbons (Fsp3) is 0.0658. The number of benzene rings is 10. The lowest BCUT2D eigenvalue weighted by Crippen LogP contribution is -2.37. The van der Waals surface area contributed by atoms with Gasteiger partial charge in [0.05, 0.1) is 28.5 Å². The van der Waals surface area contributed by atoms with Crippen LogP contribution in [0.3, 0.4) is 0 Å². The van der Waals surface area contributed by atoms with Crippen LogP contribution >= 0.6 is 0 Å². The van der Waals surface area contributed by atoms with Gasteiger partial charge in [-0.3, -0.25) is 0 Å². The summed E-state index contributed by atoms with van der Waals surface area (Å²) in [6.45, 7) is 0. The Bertz CT molecular complexity index is 4940. The summed E-state index contributed by atoms with van der Waals surface area (Å²) >= 11 is 0. The van der Waals surface area contributed by atoms with Crippen molar-refractivity contribution in [3.8, 4) is 39.3 Å². The lowest BCUT2D eigenvalue weighted by Gasteiger charge is -2.33. The molecule has 398 valence electrons. The first-order valence-electron chi connectivity index (χ1n) is 28.9. The van der Waals surface area contributed by atoms with Crippen molar-refractivity contribution in [1.29, 1.82) is 0 Å². The number of rotatable bonds is 10. The molecule has 0 radical (unpaired) electrons. The van der Waals surface area contributed by atoms with Crippen LogP contribution in [-0.4, -0.2) is 35.8 Å². The van der Waals surface area contributed by atoms with Crippen molar-refractivity contribution in [1.82, 2.24) is 29.4 Å². The van der Waals surface area contributed by atoms with Gasteiger partial charge in [-0.2, -0.15) is 0 Å². The van der Waals surface area contributed by atoms with Gasteiger partial charge in [-0.25, -0.2) is 24.9 Å². The van der Waals surface area contributed by atoms with Gasteiger partial charge in [0.25, 0.3) is 0 Å². The number of nitrogens with zero attached hydrogens (tertiary/aromatic N) is 7. The Morgan fingerprint density at radius 1 is 0.452 bits per heavy atom. The third-order valence-electron chi connectivity index (χ3n) is 16.8. The summed E-state index contributed by atoms with van der Waals surface area (Å²) in [7, 11) is 0. The zero-order chi connectivity index (χ0) is 55.5. The minimum atomic E-state index is -0.528. The van der Waals surface area contributed by atoms with E-state index in [4.69, 9.17) is 24.9 Å². The van der Waals surface area contributed by atoms with E-state index in [1.54, 1.807) is 0 Å². The molecule has 4 heterocycles. The van der Waals surface area contributed by atoms with E-state index < -0.39 is 12.1 Å². The van der Waals surface area contributed by atoms with Crippen LogP contribution in [-0.2, 0) is 0 Å². The van der Waals surface area contributed by atoms with Crippen LogP contribution in [0.2, 0.25) is 0 Å². The minimum absolute atomic E-state index is 0.348. The molecule has 3 unspecified atom stereocenters. The maximum atomic E-state index is 5.88. The van der Waals surface area contributed by atoms with Crippen molar-refractivity contribution in [2.24, 2.45) is 15.9 Å². The van der Waals surface area contributed by atoms with Crippen molar-refractivity contribution < 1.29 is 0 Å². The summed E-state index contributed by atoms with van der Waals surface area (Å²) in [6.07, 6.45) is 14.9. The third kappa shape index (κ3) is 8.49. The monoisotopic (exact) mass is 1080 g/mol. The average Bonchev–Trinajstić information content (AvgIpc) is 3.98. The first-order chi connectivity index (χ1) is 41.7. The Labute approximate surface area is 486 Å². The van der Waals surface area contributed by atoms with E-state index in [1.807, 2.05) is 18.2 Å². The molecular weight excluding hydrogens is 1020 g/mol. The standard InChI is InChI=1S/C76H54N8/c1-5-24-50(25-6-1)57-33-15-17-36-61(57)74-80-75(62-37-18-16-34-58(62)51-26-7-2-8-27-51)82-76(81-74)64-48-55(73-78-71(52-28-9-3-10-29-52)77-72(79-73)53-30-11-4-12-31-53)42-45-67(64)84-65-39-21-19-35-59(65)60-44-46-68-69(70(60)84)63-38-20-22-40-66(63)83(68)56-43-41-49-23-13-14-32-54(49)47-56/h1-3,5-11,13-48,64,67,74H,4,12H2,(H,80,81,82). The molecule has 0 saturated heterocycles. The van der Waals surface area contributed by atoms with E-state index in [1.165, 1.54) is 32.3 Å². The second-order valence-electron chi connectivity index (χ2n) is 21.8. The third-order valence-corrected chi connectivity index (χ3v) is 16.8. The van der Waals surface area contributed by atoms with Gasteiger partial charge in [0, 0.05) is 60.6 Å². The van der Waals surface area contributed by atoms with E-state index >= 15 is 0 Å². The van der Waals surface area contributed by atoms with Crippen molar-refractivity contribution >= 4 is 77.2 Å². The van der Waals surface area contributed by atoms with Gasteiger partial charge in [-0.15, -0.1) is 0 Å². The molecule has 0 saturated carbocycles. The van der Waals surface area contributed by atoms with Crippen LogP contribution in [0.15, 0.2) is 289 Å². The molecule has 1 aliphatic heterocycles. The zero-order valence-corrected chi connectivity index (χ0v) is 45.8. The topological polar surface area (TPSA) is 85.3 Å². The minimum Gasteiger partial charge on any atom is -0.344 e. The first kappa shape index (κ1) is 49.0. The van der Waals surface area contributed by atoms with E-state index in [0.29, 0.717) is 23.3 Å². The smallest absolute Gasteiger partial charge is 0.164 e. The van der Waals surface area contributed by atoms with E-state index in [-0.39, 0.29) is 6.04 Å². The number of para-hydroxylation sites is 2. The molecule has 16 rings (SSSR count). The van der Waals surface area contributed by atoms with Crippen LogP contribution in [0.25, 0.3) is 105 Å². The number of nitrogens with one attached hydrogen (secondary N) is 1. The highest BCUT2D eigenvalue weighted by molar-refractivity contribution is 6.26. The molecule has 13 aromatic rings. The van der Waals surface area contributed by atoms with Gasteiger partial charge in [0.15, 0.2) is 17.5 Å². The Kier molecular flexibility index (Phi) is 12.0. The fourth-order valence-corrected chi connectivity index (χ4v) is 13.0. The summed E-state index contributed by atoms with van der Waals surface area (Å²) < 4.78 is 5.02. The summed E-state index contributed by atoms with van der Waals surface area (Å²) in [6, 6.07) is 86.1. The van der Waals surface area contributed by atoms with Gasteiger partial charge < -0.3 is 14.5 Å². The molecule has 8 heteroatoms. The fourth-order valence-electron chi connectivity index (χ4n) is 13.0. The Morgan fingerprint density at radius 3 is 1.86 bits per heavy atom. The summed E-state index contributed by atoms with van der Waals surface area (Å²) in [5, 5.41) is 11.0. The summed E-state index contributed by atoms with van der Waals surface area (Å²) in [5.74, 6) is 2.80. The molecule has 1 N–H and O–H groups in total. The van der Waals surface area contributed by atoms with E-state index in [2.05, 4.69) is 275 Å². The summed E-state index contributed by atoms with van der Waals surface area (Å²) in [4.78, 5) is 27.5. The van der Waals surface area contributed by atoms with Gasteiger partial charge in [-0.05, 0) is 76.2 Å². The van der Waals surface area contributed by atoms with Crippen LogP contribution in [0.1, 0.15) is 47.8 Å². The highest BCUT2D eigenvalue weighted by atomic mass is 15.2. The van der Waals surface area contributed by atoms with Crippen molar-refractivity contribution in [3.63, 3.8) is 0 Å². The number of hydrogen-bond acceptors (Lipinski definition) is 6. The van der Waals surface area contributed by atoms with Crippen molar-refractivity contribution in [3.05, 3.63) is 302 Å². The number of amidine groups is 2. The molecule has 3 aliphatic rings. The molecule has 0 amide bonds. The average molecular weight is 1080 g/mol. The van der Waals surface area contributed by atoms with Gasteiger partial charge >= 0.3 is 0 Å². The Balaban J connectivity index is 0.974. The van der Waals surface area contributed by atoms with Crippen LogP contribution in [0.5, 0.6) is 0 Å². The number of fused-ring (bicyclic) bond motifs is 8. The first-order valence-corrected chi connectivity index (χ1v) is 28.9. The lowest BCUT2D eigenvalue weighted by atomic mass is 9.88. The molecule has 3 aromatic heterocycles. The zero-order valence-electron chi connectivity index (χ0n) is 45.8. The predicted octanol–water partition coefficient (Wildman–Crippen LogP) is 17.9. The highest BCUT2D eigenvalue weighted by Crippen LogP contribution is 2.46. The van der Waals surface area contributed by atoms with Gasteiger partial charge in [-0.1, -0.05) is 249 Å². The van der Waals surface area contributed by atoms with Crippen LogP contribution in [0, 0.1) is 5.92 Å². The number of aromatic nitrogens is 5. The molecular formula is C76H54N8. The number of hydrogen-bond donors (Lipinski definition) is 1. The molecule has 8 nitrogen and oxygen atoms in total. The molecule has 0 spiro atoms. The number of allylic oxidation sites excluding steroid dienone is 7. The highest BCUT2D eigenvalue weighted by Gasteiger charge is 2.36. The maximum absolute atomic E-state index is 5.88. The molecule has 2 aliphatic carbocycles. The maximum Gasteiger partial charge on any atom is 0.164 e. The quantitative estimate of drug-likeness (QED) is 0.148. The largest absolute Gasteiger partial charge is 0.344 e. The molecule has 0 bridgehead atoms. The van der Waals surface area contributed by atoms with Crippen molar-refractivity contribution in [2.45, 2.75) is 25.0 Å². The normalized spacial score (nSPS) is 16.9. The molecule has 3 atom stereocenters. The Morgan fingerprint density at radius 2 is 1.08 bits per heavy atom. The van der Waals surface area contributed by atoms with E-state index in [0.717, 1.165) is 96.5 Å². The number of aliphatic imine (C=N–C) groups is 2. The van der Waals surface area contributed by atoms with Crippen LogP contribution < -0.4 is 5.32 Å².